The molecule has 4 rings (SSSR count). The number of fused-ring (bicyclic) bond motifs is 1. The van der Waals surface area contributed by atoms with Crippen LogP contribution in [0.25, 0.3) is 11.0 Å². The minimum atomic E-state index is -0.352. The number of aromatic amines is 1. The molecule has 0 saturated carbocycles. The van der Waals surface area contributed by atoms with Gasteiger partial charge in [0.1, 0.15) is 0 Å². The molecule has 2 N–H and O–H groups in total. The van der Waals surface area contributed by atoms with Crippen molar-refractivity contribution >= 4 is 28.7 Å². The normalized spacial score (nSPS) is 14.8. The third-order valence-electron chi connectivity index (χ3n) is 3.84. The van der Waals surface area contributed by atoms with Crippen LogP contribution >= 0.6 is 0 Å². The van der Waals surface area contributed by atoms with Crippen LogP contribution in [0.4, 0.5) is 11.8 Å². The van der Waals surface area contributed by atoms with E-state index in [4.69, 9.17) is 4.74 Å². The van der Waals surface area contributed by atoms with Gasteiger partial charge in [-0.05, 0) is 24.3 Å². The molecule has 0 atom stereocenters. The quantitative estimate of drug-likeness (QED) is 0.757. The van der Waals surface area contributed by atoms with E-state index in [-0.39, 0.29) is 11.6 Å². The van der Waals surface area contributed by atoms with Crippen LogP contribution in [0.1, 0.15) is 10.5 Å². The van der Waals surface area contributed by atoms with E-state index in [1.165, 1.54) is 0 Å². The number of morpholine rings is 1. The number of imidazole rings is 1. The van der Waals surface area contributed by atoms with Gasteiger partial charge in [0.15, 0.2) is 11.5 Å². The third-order valence-corrected chi connectivity index (χ3v) is 3.84. The average molecular weight is 324 g/mol. The van der Waals surface area contributed by atoms with E-state index in [2.05, 4.69) is 30.4 Å². The first-order valence-corrected chi connectivity index (χ1v) is 7.72. The van der Waals surface area contributed by atoms with E-state index in [1.807, 2.05) is 24.3 Å². The molecule has 1 aliphatic rings. The minimum Gasteiger partial charge on any atom is -0.378 e. The number of carbonyl (C=O) groups excluding carboxylic acids is 1. The van der Waals surface area contributed by atoms with Crippen molar-refractivity contribution in [2.24, 2.45) is 0 Å². The monoisotopic (exact) mass is 324 g/mol. The molecule has 24 heavy (non-hydrogen) atoms. The van der Waals surface area contributed by atoms with Gasteiger partial charge in [-0.25, -0.2) is 4.98 Å². The number of nitrogens with zero attached hydrogens (tertiary/aromatic N) is 4. The van der Waals surface area contributed by atoms with Gasteiger partial charge in [-0.2, -0.15) is 0 Å². The Hall–Kier alpha value is -3.00. The fourth-order valence-corrected chi connectivity index (χ4v) is 2.59. The van der Waals surface area contributed by atoms with Crippen LogP contribution in [-0.2, 0) is 4.74 Å². The standard InChI is InChI=1S/C16H16N6O2/c23-15(19-16-17-11-3-1-2-4-12(11)18-16)13-5-6-14(21-20-13)22-7-9-24-10-8-22/h1-6H,7-10H2,(H2,17,18,19,23). The number of para-hydroxylation sites is 2. The SMILES string of the molecule is O=C(Nc1nc2ccccc2[nH]1)c1ccc(N2CCOCC2)nn1. The molecule has 1 saturated heterocycles. The smallest absolute Gasteiger partial charge is 0.278 e. The first-order chi connectivity index (χ1) is 11.8. The Labute approximate surface area is 137 Å². The van der Waals surface area contributed by atoms with Gasteiger partial charge in [0.05, 0.1) is 24.2 Å². The maximum absolute atomic E-state index is 12.3. The summed E-state index contributed by atoms with van der Waals surface area (Å²) in [4.78, 5) is 21.7. The van der Waals surface area contributed by atoms with Crippen LogP contribution in [0.3, 0.4) is 0 Å². The van der Waals surface area contributed by atoms with Crippen LogP contribution in [-0.4, -0.2) is 52.4 Å². The van der Waals surface area contributed by atoms with Gasteiger partial charge in [-0.15, -0.1) is 10.2 Å². The molecule has 8 heteroatoms. The Balaban J connectivity index is 1.47. The summed E-state index contributed by atoms with van der Waals surface area (Å²) in [6.45, 7) is 2.91. The summed E-state index contributed by atoms with van der Waals surface area (Å²) in [6, 6.07) is 11.0. The molecule has 0 bridgehead atoms. The lowest BCUT2D eigenvalue weighted by Crippen LogP contribution is -2.37. The molecule has 1 amide bonds. The number of rotatable bonds is 3. The fraction of sp³-hybridized carbons (Fsp3) is 0.250. The number of amides is 1. The van der Waals surface area contributed by atoms with Crippen molar-refractivity contribution in [2.75, 3.05) is 36.5 Å². The fourth-order valence-electron chi connectivity index (χ4n) is 2.59. The highest BCUT2D eigenvalue weighted by atomic mass is 16.5. The van der Waals surface area contributed by atoms with Crippen molar-refractivity contribution < 1.29 is 9.53 Å². The maximum atomic E-state index is 12.3. The second-order valence-electron chi connectivity index (χ2n) is 5.43. The lowest BCUT2D eigenvalue weighted by atomic mass is 10.3. The maximum Gasteiger partial charge on any atom is 0.278 e. The predicted octanol–water partition coefficient (Wildman–Crippen LogP) is 1.44. The molecule has 0 spiro atoms. The lowest BCUT2D eigenvalue weighted by Gasteiger charge is -2.27. The van der Waals surface area contributed by atoms with E-state index >= 15 is 0 Å². The number of aromatic nitrogens is 4. The lowest BCUT2D eigenvalue weighted by molar-refractivity contribution is 0.102. The Morgan fingerprint density at radius 2 is 1.96 bits per heavy atom. The summed E-state index contributed by atoms with van der Waals surface area (Å²) in [7, 11) is 0. The van der Waals surface area contributed by atoms with Crippen molar-refractivity contribution in [1.82, 2.24) is 20.2 Å². The summed E-state index contributed by atoms with van der Waals surface area (Å²) in [5.74, 6) is 0.786. The second kappa shape index (κ2) is 6.25. The summed E-state index contributed by atoms with van der Waals surface area (Å²) >= 11 is 0. The number of hydrogen-bond acceptors (Lipinski definition) is 6. The summed E-state index contributed by atoms with van der Waals surface area (Å²) in [5.41, 5.74) is 1.90. The van der Waals surface area contributed by atoms with Gasteiger partial charge in [-0.3, -0.25) is 10.1 Å². The van der Waals surface area contributed by atoms with Gasteiger partial charge in [0.2, 0.25) is 5.95 Å². The number of anilines is 2. The number of H-pyrrole nitrogens is 1. The summed E-state index contributed by atoms with van der Waals surface area (Å²) < 4.78 is 5.31. The predicted molar refractivity (Wildman–Crippen MR) is 89.1 cm³/mol. The summed E-state index contributed by atoms with van der Waals surface area (Å²) in [6.07, 6.45) is 0. The van der Waals surface area contributed by atoms with Crippen LogP contribution in [0.2, 0.25) is 0 Å². The van der Waals surface area contributed by atoms with Crippen LogP contribution in [0.5, 0.6) is 0 Å². The van der Waals surface area contributed by atoms with E-state index in [0.717, 1.165) is 29.9 Å². The third kappa shape index (κ3) is 2.91. The molecule has 0 aliphatic carbocycles. The Bertz CT molecular complexity index is 821. The molecule has 8 nitrogen and oxygen atoms in total. The van der Waals surface area contributed by atoms with Gasteiger partial charge in [-0.1, -0.05) is 12.1 Å². The molecular weight excluding hydrogens is 308 g/mol. The molecule has 1 fully saturated rings. The van der Waals surface area contributed by atoms with Crippen molar-refractivity contribution in [3.63, 3.8) is 0 Å². The number of benzene rings is 1. The zero-order valence-electron chi connectivity index (χ0n) is 12.9. The molecule has 1 aliphatic heterocycles. The van der Waals surface area contributed by atoms with Crippen molar-refractivity contribution in [3.05, 3.63) is 42.1 Å². The van der Waals surface area contributed by atoms with Gasteiger partial charge in [0.25, 0.3) is 5.91 Å². The topological polar surface area (TPSA) is 96.0 Å². The number of ether oxygens (including phenoxy) is 1. The van der Waals surface area contributed by atoms with Crippen molar-refractivity contribution in [1.29, 1.82) is 0 Å². The highest BCUT2D eigenvalue weighted by Crippen LogP contribution is 2.15. The number of nitrogens with one attached hydrogen (secondary N) is 2. The molecule has 3 aromatic rings. The minimum absolute atomic E-state index is 0.243. The molecular formula is C16H16N6O2. The molecule has 2 aromatic heterocycles. The highest BCUT2D eigenvalue weighted by molar-refractivity contribution is 6.02. The Kier molecular flexibility index (Phi) is 3.80. The van der Waals surface area contributed by atoms with E-state index < -0.39 is 0 Å². The van der Waals surface area contributed by atoms with Gasteiger partial charge < -0.3 is 14.6 Å². The summed E-state index contributed by atoms with van der Waals surface area (Å²) in [5, 5.41) is 10.9. The zero-order valence-corrected chi connectivity index (χ0v) is 12.9. The van der Waals surface area contributed by atoms with Gasteiger partial charge in [0, 0.05) is 13.1 Å². The van der Waals surface area contributed by atoms with Crippen LogP contribution in [0.15, 0.2) is 36.4 Å². The van der Waals surface area contributed by atoms with E-state index in [9.17, 15) is 4.79 Å². The number of hydrogen-bond donors (Lipinski definition) is 2. The highest BCUT2D eigenvalue weighted by Gasteiger charge is 2.15. The first kappa shape index (κ1) is 14.6. The molecule has 1 aromatic carbocycles. The van der Waals surface area contributed by atoms with Crippen LogP contribution in [0, 0.1) is 0 Å². The second-order valence-corrected chi connectivity index (χ2v) is 5.43. The van der Waals surface area contributed by atoms with Gasteiger partial charge >= 0.3 is 0 Å². The first-order valence-electron chi connectivity index (χ1n) is 7.72. The van der Waals surface area contributed by atoms with E-state index in [1.54, 1.807) is 12.1 Å². The zero-order chi connectivity index (χ0) is 16.4. The average Bonchev–Trinajstić information content (AvgIpc) is 3.05. The largest absolute Gasteiger partial charge is 0.378 e. The number of carbonyl (C=O) groups is 1. The van der Waals surface area contributed by atoms with Crippen LogP contribution < -0.4 is 10.2 Å². The molecule has 3 heterocycles. The van der Waals surface area contributed by atoms with Crippen molar-refractivity contribution in [3.8, 4) is 0 Å². The Morgan fingerprint density at radius 1 is 1.12 bits per heavy atom. The molecule has 0 unspecified atom stereocenters. The Morgan fingerprint density at radius 3 is 2.71 bits per heavy atom. The van der Waals surface area contributed by atoms with E-state index in [0.29, 0.717) is 19.2 Å². The molecule has 122 valence electrons. The van der Waals surface area contributed by atoms with Crippen molar-refractivity contribution in [2.45, 2.75) is 0 Å². The molecule has 0 radical (unpaired) electrons.